The van der Waals surface area contributed by atoms with Crippen molar-refractivity contribution >= 4 is 10.8 Å². The molecule has 2 heteroatoms. The summed E-state index contributed by atoms with van der Waals surface area (Å²) in [7, 11) is 0. The van der Waals surface area contributed by atoms with Crippen molar-refractivity contribution in [1.29, 1.82) is 0 Å². The number of hydrogen-bond acceptors (Lipinski definition) is 2. The van der Waals surface area contributed by atoms with E-state index in [1.807, 2.05) is 18.3 Å². The van der Waals surface area contributed by atoms with Crippen molar-refractivity contribution in [2.75, 3.05) is 0 Å². The lowest BCUT2D eigenvalue weighted by atomic mass is 10.0. The highest BCUT2D eigenvalue weighted by Gasteiger charge is 2.02. The van der Waals surface area contributed by atoms with Gasteiger partial charge in [0.15, 0.2) is 0 Å². The van der Waals surface area contributed by atoms with Crippen molar-refractivity contribution < 1.29 is 0 Å². The molecule has 0 aliphatic heterocycles. The van der Waals surface area contributed by atoms with Crippen molar-refractivity contribution in [2.45, 2.75) is 13.8 Å². The summed E-state index contributed by atoms with van der Waals surface area (Å²) < 4.78 is 0. The van der Waals surface area contributed by atoms with Crippen molar-refractivity contribution in [1.82, 2.24) is 9.97 Å². The van der Waals surface area contributed by atoms with E-state index in [4.69, 9.17) is 0 Å². The third kappa shape index (κ3) is 1.86. The van der Waals surface area contributed by atoms with Crippen LogP contribution in [0.4, 0.5) is 0 Å². The predicted octanol–water partition coefficient (Wildman–Crippen LogP) is 3.91. The maximum atomic E-state index is 4.52. The average Bonchev–Trinajstić information content (AvgIpc) is 2.41. The maximum Gasteiger partial charge on any atom is 0.0709 e. The van der Waals surface area contributed by atoms with E-state index in [2.05, 4.69) is 42.0 Å². The molecule has 0 radical (unpaired) electrons. The predicted molar refractivity (Wildman–Crippen MR) is 74.4 cm³/mol. The molecule has 3 aromatic rings. The molecule has 2 nitrogen and oxygen atoms in total. The smallest absolute Gasteiger partial charge is 0.0709 e. The zero-order valence-corrected chi connectivity index (χ0v) is 10.5. The Labute approximate surface area is 106 Å². The van der Waals surface area contributed by atoms with Crippen LogP contribution in [0.25, 0.3) is 22.0 Å². The topological polar surface area (TPSA) is 25.8 Å². The number of rotatable bonds is 1. The Kier molecular flexibility index (Phi) is 2.56. The number of aryl methyl sites for hydroxylation is 2. The van der Waals surface area contributed by atoms with Crippen LogP contribution in [0.5, 0.6) is 0 Å². The fraction of sp³-hybridized carbons (Fsp3) is 0.125. The average molecular weight is 234 g/mol. The molecule has 0 fully saturated rings. The summed E-state index contributed by atoms with van der Waals surface area (Å²) in [6, 6.07) is 10.5. The molecule has 2 heterocycles. The summed E-state index contributed by atoms with van der Waals surface area (Å²) in [5.41, 5.74) is 4.72. The van der Waals surface area contributed by atoms with Crippen LogP contribution >= 0.6 is 0 Å². The van der Waals surface area contributed by atoms with Crippen LogP contribution < -0.4 is 0 Å². The third-order valence-corrected chi connectivity index (χ3v) is 3.31. The van der Waals surface area contributed by atoms with E-state index in [1.165, 1.54) is 21.9 Å². The Bertz CT molecular complexity index is 703. The summed E-state index contributed by atoms with van der Waals surface area (Å²) in [6.45, 7) is 4.27. The van der Waals surface area contributed by atoms with Gasteiger partial charge in [-0.3, -0.25) is 9.97 Å². The van der Waals surface area contributed by atoms with Gasteiger partial charge in [-0.2, -0.15) is 0 Å². The summed E-state index contributed by atoms with van der Waals surface area (Å²) in [6.07, 6.45) is 5.53. The van der Waals surface area contributed by atoms with Crippen LogP contribution in [0.2, 0.25) is 0 Å². The third-order valence-electron chi connectivity index (χ3n) is 3.31. The molecule has 0 aliphatic rings. The van der Waals surface area contributed by atoms with Crippen LogP contribution in [0, 0.1) is 13.8 Å². The molecule has 0 bridgehead atoms. The second-order valence-electron chi connectivity index (χ2n) is 4.59. The van der Waals surface area contributed by atoms with Gasteiger partial charge >= 0.3 is 0 Å². The van der Waals surface area contributed by atoms with Crippen molar-refractivity contribution in [3.05, 3.63) is 60.0 Å². The van der Waals surface area contributed by atoms with E-state index in [-0.39, 0.29) is 0 Å². The lowest BCUT2D eigenvalue weighted by Gasteiger charge is -2.06. The van der Waals surface area contributed by atoms with Crippen LogP contribution in [0.1, 0.15) is 11.1 Å². The van der Waals surface area contributed by atoms with Gasteiger partial charge in [0.1, 0.15) is 0 Å². The second kappa shape index (κ2) is 4.22. The highest BCUT2D eigenvalue weighted by atomic mass is 14.7. The Hall–Kier alpha value is -2.22. The standard InChI is InChI=1S/C16H14N2/c1-11-7-14-9-16(13-3-5-17-6-4-13)18-10-15(14)8-12(11)2/h3-10H,1-2H3. The number of hydrogen-bond donors (Lipinski definition) is 0. The lowest BCUT2D eigenvalue weighted by Crippen LogP contribution is -1.87. The molecule has 0 unspecified atom stereocenters. The van der Waals surface area contributed by atoms with Gasteiger partial charge in [0.05, 0.1) is 5.69 Å². The summed E-state index contributed by atoms with van der Waals surface area (Å²) in [5.74, 6) is 0. The van der Waals surface area contributed by atoms with E-state index in [0.717, 1.165) is 11.3 Å². The molecule has 0 N–H and O–H groups in total. The monoisotopic (exact) mass is 234 g/mol. The number of nitrogens with zero attached hydrogens (tertiary/aromatic N) is 2. The first-order valence-corrected chi connectivity index (χ1v) is 6.01. The maximum absolute atomic E-state index is 4.52. The van der Waals surface area contributed by atoms with Gasteiger partial charge in [0.2, 0.25) is 0 Å². The SMILES string of the molecule is Cc1cc2cnc(-c3ccncc3)cc2cc1C. The number of pyridine rings is 2. The minimum atomic E-state index is 0.994. The van der Waals surface area contributed by atoms with Gasteiger partial charge in [-0.15, -0.1) is 0 Å². The first-order chi connectivity index (χ1) is 8.74. The van der Waals surface area contributed by atoms with E-state index in [9.17, 15) is 0 Å². The molecule has 3 rings (SSSR count). The highest BCUT2D eigenvalue weighted by molar-refractivity contribution is 5.86. The second-order valence-corrected chi connectivity index (χ2v) is 4.59. The molecule has 88 valence electrons. The minimum absolute atomic E-state index is 0.994. The molecule has 18 heavy (non-hydrogen) atoms. The molecule has 0 amide bonds. The van der Waals surface area contributed by atoms with Gasteiger partial charge < -0.3 is 0 Å². The number of benzene rings is 1. The van der Waals surface area contributed by atoms with Gasteiger partial charge in [0.25, 0.3) is 0 Å². The van der Waals surface area contributed by atoms with E-state index < -0.39 is 0 Å². The van der Waals surface area contributed by atoms with Crippen LogP contribution in [0.3, 0.4) is 0 Å². The zero-order chi connectivity index (χ0) is 12.5. The van der Waals surface area contributed by atoms with E-state index in [1.54, 1.807) is 12.4 Å². The molecular weight excluding hydrogens is 220 g/mol. The van der Waals surface area contributed by atoms with Crippen LogP contribution in [0.15, 0.2) is 48.9 Å². The fourth-order valence-corrected chi connectivity index (χ4v) is 2.10. The lowest BCUT2D eigenvalue weighted by molar-refractivity contribution is 1.29. The Morgan fingerprint density at radius 3 is 2.22 bits per heavy atom. The summed E-state index contributed by atoms with van der Waals surface area (Å²) >= 11 is 0. The van der Waals surface area contributed by atoms with Gasteiger partial charge in [0, 0.05) is 29.5 Å². The first kappa shape index (κ1) is 10.9. The number of aromatic nitrogens is 2. The van der Waals surface area contributed by atoms with Crippen molar-refractivity contribution in [2.24, 2.45) is 0 Å². The normalized spacial score (nSPS) is 10.8. The number of fused-ring (bicyclic) bond motifs is 1. The van der Waals surface area contributed by atoms with Crippen LogP contribution in [-0.4, -0.2) is 9.97 Å². The van der Waals surface area contributed by atoms with Gasteiger partial charge in [-0.1, -0.05) is 6.07 Å². The largest absolute Gasteiger partial charge is 0.265 e. The van der Waals surface area contributed by atoms with Crippen molar-refractivity contribution in [3.8, 4) is 11.3 Å². The fourth-order valence-electron chi connectivity index (χ4n) is 2.10. The van der Waals surface area contributed by atoms with E-state index in [0.29, 0.717) is 0 Å². The highest BCUT2D eigenvalue weighted by Crippen LogP contribution is 2.23. The molecular formula is C16H14N2. The van der Waals surface area contributed by atoms with Crippen LogP contribution in [-0.2, 0) is 0 Å². The zero-order valence-electron chi connectivity index (χ0n) is 10.5. The molecule has 0 aliphatic carbocycles. The van der Waals surface area contributed by atoms with Crippen molar-refractivity contribution in [3.63, 3.8) is 0 Å². The van der Waals surface area contributed by atoms with Gasteiger partial charge in [-0.05, 0) is 54.6 Å². The Morgan fingerprint density at radius 1 is 0.833 bits per heavy atom. The molecule has 0 spiro atoms. The molecule has 0 saturated carbocycles. The van der Waals surface area contributed by atoms with E-state index >= 15 is 0 Å². The molecule has 2 aromatic heterocycles. The minimum Gasteiger partial charge on any atom is -0.265 e. The summed E-state index contributed by atoms with van der Waals surface area (Å²) in [4.78, 5) is 8.55. The first-order valence-electron chi connectivity index (χ1n) is 6.01. The Morgan fingerprint density at radius 2 is 1.50 bits per heavy atom. The summed E-state index contributed by atoms with van der Waals surface area (Å²) in [5, 5.41) is 2.43. The Balaban J connectivity index is 2.20. The van der Waals surface area contributed by atoms with Gasteiger partial charge in [-0.25, -0.2) is 0 Å². The quantitative estimate of drug-likeness (QED) is 0.638. The molecule has 0 atom stereocenters. The molecule has 1 aromatic carbocycles. The molecule has 0 saturated heterocycles.